The first kappa shape index (κ1) is 26.9. The zero-order valence-corrected chi connectivity index (χ0v) is 20.3. The molecule has 0 aromatic carbocycles. The van der Waals surface area contributed by atoms with E-state index >= 15 is 0 Å². The normalized spacial score (nSPS) is 28.3. The van der Waals surface area contributed by atoms with Crippen LogP contribution >= 0.6 is 21.6 Å². The molecule has 0 aromatic heterocycles. The van der Waals surface area contributed by atoms with Gasteiger partial charge in [-0.15, -0.1) is 0 Å². The van der Waals surface area contributed by atoms with Gasteiger partial charge < -0.3 is 35.1 Å². The quantitative estimate of drug-likeness (QED) is 0.101. The second-order valence-electron chi connectivity index (χ2n) is 9.27. The van der Waals surface area contributed by atoms with Gasteiger partial charge in [0, 0.05) is 16.9 Å². The third-order valence-corrected chi connectivity index (χ3v) is 9.03. The van der Waals surface area contributed by atoms with Crippen LogP contribution in [-0.4, -0.2) is 91.9 Å². The van der Waals surface area contributed by atoms with Crippen molar-refractivity contribution in [2.45, 2.75) is 82.2 Å². The fourth-order valence-corrected chi connectivity index (χ4v) is 6.38. The highest BCUT2D eigenvalue weighted by molar-refractivity contribution is 8.77. The summed E-state index contributed by atoms with van der Waals surface area (Å²) < 4.78 is 5.30. The molecule has 182 valence electrons. The van der Waals surface area contributed by atoms with Crippen molar-refractivity contribution in [1.29, 1.82) is 0 Å². The largest absolute Gasteiger partial charge is 0.463 e. The Kier molecular flexibility index (Phi) is 9.02. The monoisotopic (exact) mass is 492 g/mol. The molecule has 2 heterocycles. The summed E-state index contributed by atoms with van der Waals surface area (Å²) >= 11 is 0. The lowest BCUT2D eigenvalue weighted by Crippen LogP contribution is -2.68. The van der Waals surface area contributed by atoms with Crippen molar-refractivity contribution >= 4 is 45.7 Å². The average molecular weight is 493 g/mol. The van der Waals surface area contributed by atoms with Crippen molar-refractivity contribution < 1.29 is 39.2 Å². The Bertz CT molecular complexity index is 732. The van der Waals surface area contributed by atoms with Crippen LogP contribution in [0.2, 0.25) is 0 Å². The van der Waals surface area contributed by atoms with Crippen molar-refractivity contribution in [3.8, 4) is 0 Å². The van der Waals surface area contributed by atoms with E-state index in [0.29, 0.717) is 18.6 Å². The van der Waals surface area contributed by atoms with E-state index in [-0.39, 0.29) is 4.75 Å². The Morgan fingerprint density at radius 3 is 2.41 bits per heavy atom. The number of aliphatic hydroxyl groups excluding tert-OH is 3. The zero-order valence-electron chi connectivity index (χ0n) is 18.6. The second-order valence-corrected chi connectivity index (χ2v) is 12.4. The molecule has 0 bridgehead atoms. The van der Waals surface area contributed by atoms with Crippen LogP contribution in [0, 0.1) is 5.41 Å². The summed E-state index contributed by atoms with van der Waals surface area (Å²) in [4.78, 5) is 48.0. The smallest absolute Gasteiger partial charge is 0.314 e. The number of rotatable bonds is 11. The third kappa shape index (κ3) is 6.16. The molecule has 0 saturated carbocycles. The van der Waals surface area contributed by atoms with Crippen molar-refractivity contribution in [3.05, 3.63) is 0 Å². The molecule has 2 aliphatic rings. The number of fused-ring (bicyclic) bond motifs is 1. The lowest BCUT2D eigenvalue weighted by molar-refractivity contribution is -0.184. The predicted molar refractivity (Wildman–Crippen MR) is 119 cm³/mol. The molecule has 2 rings (SSSR count). The van der Waals surface area contributed by atoms with Crippen LogP contribution in [0.25, 0.3) is 0 Å². The molecule has 2 aliphatic heterocycles. The van der Waals surface area contributed by atoms with Gasteiger partial charge >= 0.3 is 17.8 Å². The van der Waals surface area contributed by atoms with Crippen molar-refractivity contribution in [2.75, 3.05) is 12.4 Å². The summed E-state index contributed by atoms with van der Waals surface area (Å²) in [5, 5.41) is 32.7. The Morgan fingerprint density at radius 2 is 1.78 bits per heavy atom. The maximum absolute atomic E-state index is 12.7. The summed E-state index contributed by atoms with van der Waals surface area (Å²) in [6.07, 6.45) is -3.29. The summed E-state index contributed by atoms with van der Waals surface area (Å²) in [6.45, 7) is 7.14. The highest BCUT2D eigenvalue weighted by atomic mass is 33.1. The van der Waals surface area contributed by atoms with Gasteiger partial charge in [-0.2, -0.15) is 0 Å². The average Bonchev–Trinajstić information content (AvgIpc) is 3.02. The molecule has 0 aromatic rings. The van der Waals surface area contributed by atoms with Gasteiger partial charge in [0.2, 0.25) is 0 Å². The van der Waals surface area contributed by atoms with E-state index in [2.05, 4.69) is 19.2 Å². The highest BCUT2D eigenvalue weighted by Crippen LogP contribution is 2.40. The maximum atomic E-state index is 12.7. The summed E-state index contributed by atoms with van der Waals surface area (Å²) in [5.74, 6) is -1.80. The van der Waals surface area contributed by atoms with Gasteiger partial charge in [0.25, 0.3) is 0 Å². The van der Waals surface area contributed by atoms with Gasteiger partial charge in [-0.25, -0.2) is 0 Å². The minimum Gasteiger partial charge on any atom is -0.463 e. The third-order valence-electron chi connectivity index (χ3n) is 5.68. The molecule has 2 saturated heterocycles. The molecule has 4 N–H and O–H groups in total. The molecular formula is C20H32N2O8S2. The number of carbonyl (C=O) groups excluding carboxylic acids is 4. The number of aliphatic hydroxyl groups is 3. The van der Waals surface area contributed by atoms with Crippen LogP contribution in [0.15, 0.2) is 0 Å². The number of amides is 2. The number of nitrogens with zero attached hydrogens (tertiary/aromatic N) is 1. The first-order chi connectivity index (χ1) is 14.8. The number of hydrogen-bond acceptors (Lipinski definition) is 10. The number of aldehydes is 1. The number of esters is 1. The fraction of sp³-hybridized carbons (Fsp3) is 0.800. The van der Waals surface area contributed by atoms with Crippen molar-refractivity contribution in [2.24, 2.45) is 5.41 Å². The molecule has 2 amide bonds. The van der Waals surface area contributed by atoms with Crippen molar-refractivity contribution in [3.63, 3.8) is 0 Å². The molecular weight excluding hydrogens is 460 g/mol. The SMILES string of the molecule is CC(C)(CCC=O)SSCCC(C)(C)C(=O)OC[C@@H]1[C@@H](O)[C@H](O)[C@H](O)[C@H]2NC(=O)C(=O)N12. The first-order valence-corrected chi connectivity index (χ1v) is 12.7. The van der Waals surface area contributed by atoms with E-state index in [9.17, 15) is 34.5 Å². The Hall–Kier alpha value is -1.34. The minimum absolute atomic E-state index is 0.0664. The summed E-state index contributed by atoms with van der Waals surface area (Å²) in [7, 11) is 3.27. The van der Waals surface area contributed by atoms with E-state index in [1.165, 1.54) is 0 Å². The molecule has 5 atom stereocenters. The number of carbonyl (C=O) groups is 4. The van der Waals surface area contributed by atoms with Crippen LogP contribution < -0.4 is 5.32 Å². The van der Waals surface area contributed by atoms with E-state index < -0.39 is 60.3 Å². The van der Waals surface area contributed by atoms with Crippen LogP contribution in [-0.2, 0) is 23.9 Å². The molecule has 0 unspecified atom stereocenters. The number of nitrogens with one attached hydrogen (secondary N) is 1. The molecule has 0 radical (unpaired) electrons. The highest BCUT2D eigenvalue weighted by Gasteiger charge is 2.55. The van der Waals surface area contributed by atoms with E-state index in [0.717, 1.165) is 17.6 Å². The minimum atomic E-state index is -1.62. The van der Waals surface area contributed by atoms with E-state index in [1.54, 1.807) is 35.4 Å². The van der Waals surface area contributed by atoms with Crippen molar-refractivity contribution in [1.82, 2.24) is 10.2 Å². The van der Waals surface area contributed by atoms with Gasteiger partial charge in [0.1, 0.15) is 37.4 Å². The Balaban J connectivity index is 1.90. The summed E-state index contributed by atoms with van der Waals surface area (Å²) in [6, 6.07) is -1.17. The second kappa shape index (κ2) is 10.7. The van der Waals surface area contributed by atoms with Gasteiger partial charge in [-0.1, -0.05) is 21.6 Å². The first-order valence-electron chi connectivity index (χ1n) is 10.4. The van der Waals surface area contributed by atoms with Crippen LogP contribution in [0.4, 0.5) is 0 Å². The van der Waals surface area contributed by atoms with Crippen LogP contribution in [0.1, 0.15) is 47.0 Å². The molecule has 12 heteroatoms. The van der Waals surface area contributed by atoms with E-state index in [4.69, 9.17) is 4.74 Å². The summed E-state index contributed by atoms with van der Waals surface area (Å²) in [5.41, 5.74) is -0.846. The Morgan fingerprint density at radius 1 is 1.12 bits per heavy atom. The van der Waals surface area contributed by atoms with Gasteiger partial charge in [0.05, 0.1) is 11.5 Å². The molecule has 10 nitrogen and oxygen atoms in total. The zero-order chi connectivity index (χ0) is 24.3. The lowest BCUT2D eigenvalue weighted by Gasteiger charge is -2.44. The number of piperidine rings is 1. The Labute approximate surface area is 195 Å². The molecule has 32 heavy (non-hydrogen) atoms. The molecule has 2 fully saturated rings. The number of ether oxygens (including phenoxy) is 1. The maximum Gasteiger partial charge on any atom is 0.314 e. The van der Waals surface area contributed by atoms with Gasteiger partial charge in [-0.05, 0) is 40.5 Å². The number of hydrogen-bond donors (Lipinski definition) is 4. The van der Waals surface area contributed by atoms with Crippen LogP contribution in [0.5, 0.6) is 0 Å². The molecule has 0 spiro atoms. The van der Waals surface area contributed by atoms with Crippen LogP contribution in [0.3, 0.4) is 0 Å². The van der Waals surface area contributed by atoms with E-state index in [1.807, 2.05) is 0 Å². The van der Waals surface area contributed by atoms with Gasteiger partial charge in [-0.3, -0.25) is 14.4 Å². The van der Waals surface area contributed by atoms with Gasteiger partial charge in [0.15, 0.2) is 0 Å². The topological polar surface area (TPSA) is 153 Å². The predicted octanol–water partition coefficient (Wildman–Crippen LogP) is -0.166. The molecule has 0 aliphatic carbocycles. The standard InChI is InChI=1S/C20H32N2O8S2/c1-19(2,7-9-31-32-20(3,4)6-5-8-23)18(29)30-10-11-12(24)13(25)14(26)15-21-16(27)17(28)22(11)15/h8,11-15,24-26H,5-7,9-10H2,1-4H3,(H,21,27)/t11-,12-,13+,14+,15+/m1/s1. The fourth-order valence-electron chi connectivity index (χ4n) is 3.48. The lowest BCUT2D eigenvalue weighted by atomic mass is 9.90.